The Morgan fingerprint density at radius 3 is 2.50 bits per heavy atom. The van der Waals surface area contributed by atoms with Crippen LogP contribution in [-0.4, -0.2) is 42.8 Å². The van der Waals surface area contributed by atoms with Gasteiger partial charge in [0.05, 0.1) is 24.3 Å². The lowest BCUT2D eigenvalue weighted by Gasteiger charge is -2.30. The van der Waals surface area contributed by atoms with E-state index >= 15 is 4.39 Å². The van der Waals surface area contributed by atoms with Crippen molar-refractivity contribution in [3.05, 3.63) is 74.6 Å². The Morgan fingerprint density at radius 2 is 1.86 bits per heavy atom. The van der Waals surface area contributed by atoms with Crippen LogP contribution in [0.2, 0.25) is 5.02 Å². The normalized spacial score (nSPS) is 15.1. The van der Waals surface area contributed by atoms with Crippen LogP contribution in [0.4, 0.5) is 10.1 Å². The van der Waals surface area contributed by atoms with Crippen LogP contribution in [0.25, 0.3) is 11.1 Å². The molecule has 1 amide bonds. The second kappa shape index (κ2) is 11.2. The smallest absolute Gasteiger partial charge is 0.337 e. The lowest BCUT2D eigenvalue weighted by molar-refractivity contribution is -0.160. The summed E-state index contributed by atoms with van der Waals surface area (Å²) < 4.78 is 32.6. The van der Waals surface area contributed by atoms with Gasteiger partial charge in [-0.15, -0.1) is 0 Å². The maximum absolute atomic E-state index is 15.6. The van der Waals surface area contributed by atoms with E-state index in [4.69, 9.17) is 25.8 Å². The standard InChI is InChI=1S/C33H35ClFNO6/c1-17-14-25-21(11-12-36(25)31(37)19-9-10-26(40-6)23(34)15-19)28(27(17)30(32(38)39)42-33(3,4)5)22-16-24(35)29-20(18(22)2)8-7-13-41-29/h9-10,14-16,30H,7-8,11-13H2,1-6H3,(H,38,39). The number of carboxylic acids is 1. The van der Waals surface area contributed by atoms with Crippen LogP contribution >= 0.6 is 11.6 Å². The topological polar surface area (TPSA) is 85.3 Å². The summed E-state index contributed by atoms with van der Waals surface area (Å²) in [5, 5.41) is 10.7. The minimum absolute atomic E-state index is 0.251. The van der Waals surface area contributed by atoms with Crippen LogP contribution < -0.4 is 14.4 Å². The van der Waals surface area contributed by atoms with Crippen molar-refractivity contribution in [2.75, 3.05) is 25.2 Å². The molecule has 0 radical (unpaired) electrons. The van der Waals surface area contributed by atoms with Gasteiger partial charge in [-0.3, -0.25) is 4.79 Å². The molecule has 0 aliphatic carbocycles. The quantitative estimate of drug-likeness (QED) is 0.323. The average Bonchev–Trinajstić information content (AvgIpc) is 3.35. The average molecular weight is 596 g/mol. The van der Waals surface area contributed by atoms with Crippen molar-refractivity contribution < 1.29 is 33.3 Å². The monoisotopic (exact) mass is 595 g/mol. The molecule has 0 aromatic heterocycles. The number of carboxylic acid groups (broad SMARTS) is 1. The largest absolute Gasteiger partial charge is 0.495 e. The van der Waals surface area contributed by atoms with Gasteiger partial charge in [-0.05, 0) is 112 Å². The molecule has 3 aromatic rings. The highest BCUT2D eigenvalue weighted by atomic mass is 35.5. The number of carbonyl (C=O) groups is 2. The molecule has 2 aliphatic rings. The number of rotatable bonds is 6. The third-order valence-electron chi connectivity index (χ3n) is 7.84. The van der Waals surface area contributed by atoms with E-state index in [1.165, 1.54) is 13.2 Å². The first-order valence-corrected chi connectivity index (χ1v) is 14.4. The highest BCUT2D eigenvalue weighted by Gasteiger charge is 2.37. The molecule has 2 aliphatic heterocycles. The van der Waals surface area contributed by atoms with Crippen molar-refractivity contribution in [3.63, 3.8) is 0 Å². The zero-order valence-corrected chi connectivity index (χ0v) is 25.4. The molecule has 0 saturated heterocycles. The Morgan fingerprint density at radius 1 is 1.12 bits per heavy atom. The second-order valence-corrected chi connectivity index (χ2v) is 12.2. The molecule has 2 heterocycles. The lowest BCUT2D eigenvalue weighted by atomic mass is 9.83. The highest BCUT2D eigenvalue weighted by Crippen LogP contribution is 2.48. The Balaban J connectivity index is 1.75. The summed E-state index contributed by atoms with van der Waals surface area (Å²) in [5.74, 6) is -1.17. The van der Waals surface area contributed by atoms with Gasteiger partial charge >= 0.3 is 5.97 Å². The molecule has 0 saturated carbocycles. The molecule has 0 spiro atoms. The van der Waals surface area contributed by atoms with Crippen molar-refractivity contribution in [2.24, 2.45) is 0 Å². The van der Waals surface area contributed by atoms with Gasteiger partial charge in [-0.2, -0.15) is 0 Å². The maximum atomic E-state index is 15.6. The number of hydrogen-bond acceptors (Lipinski definition) is 5. The van der Waals surface area contributed by atoms with Crippen molar-refractivity contribution >= 4 is 29.2 Å². The number of nitrogens with zero attached hydrogens (tertiary/aromatic N) is 1. The molecular formula is C33H35ClFNO6. The summed E-state index contributed by atoms with van der Waals surface area (Å²) in [6.07, 6.45) is 0.543. The summed E-state index contributed by atoms with van der Waals surface area (Å²) in [6, 6.07) is 8.15. The predicted octanol–water partition coefficient (Wildman–Crippen LogP) is 7.24. The van der Waals surface area contributed by atoms with E-state index < -0.39 is 23.5 Å². The van der Waals surface area contributed by atoms with Crippen molar-refractivity contribution in [1.29, 1.82) is 0 Å². The van der Waals surface area contributed by atoms with Gasteiger partial charge in [-0.1, -0.05) is 11.6 Å². The molecule has 1 atom stereocenters. The van der Waals surface area contributed by atoms with Gasteiger partial charge < -0.3 is 24.2 Å². The highest BCUT2D eigenvalue weighted by molar-refractivity contribution is 6.32. The zero-order chi connectivity index (χ0) is 30.5. The first kappa shape index (κ1) is 29.9. The van der Waals surface area contributed by atoms with E-state index in [0.29, 0.717) is 70.3 Å². The van der Waals surface area contributed by atoms with E-state index in [1.54, 1.807) is 50.8 Å². The maximum Gasteiger partial charge on any atom is 0.337 e. The summed E-state index contributed by atoms with van der Waals surface area (Å²) >= 11 is 6.33. The van der Waals surface area contributed by atoms with Gasteiger partial charge in [0.1, 0.15) is 5.75 Å². The fraction of sp³-hybridized carbons (Fsp3) is 0.394. The number of aryl methyl sites for hydroxylation is 1. The summed E-state index contributed by atoms with van der Waals surface area (Å²) in [7, 11) is 1.51. The first-order chi connectivity index (χ1) is 19.8. The molecule has 1 N–H and O–H groups in total. The van der Waals surface area contributed by atoms with E-state index in [-0.39, 0.29) is 11.7 Å². The van der Waals surface area contributed by atoms with Gasteiger partial charge in [0.2, 0.25) is 0 Å². The Labute approximate surface area is 250 Å². The minimum Gasteiger partial charge on any atom is -0.495 e. The number of carbonyl (C=O) groups excluding carboxylic acids is 1. The zero-order valence-electron chi connectivity index (χ0n) is 24.7. The number of ether oxygens (including phenoxy) is 3. The molecule has 9 heteroatoms. The SMILES string of the molecule is COc1ccc(C(=O)N2CCc3c2cc(C)c(C(OC(C)(C)C)C(=O)O)c3-c2cc(F)c3c(c2C)CCCO3)cc1Cl. The lowest BCUT2D eigenvalue weighted by Crippen LogP contribution is -2.29. The molecule has 42 heavy (non-hydrogen) atoms. The number of methoxy groups -OCH3 is 1. The Bertz CT molecular complexity index is 1590. The van der Waals surface area contributed by atoms with Gasteiger partial charge in [0.25, 0.3) is 5.91 Å². The van der Waals surface area contributed by atoms with E-state index in [1.807, 2.05) is 13.0 Å². The number of amides is 1. The molecule has 0 bridgehead atoms. The number of halogens is 2. The Kier molecular flexibility index (Phi) is 7.98. The third kappa shape index (κ3) is 5.34. The fourth-order valence-electron chi connectivity index (χ4n) is 6.01. The van der Waals surface area contributed by atoms with Crippen LogP contribution in [-0.2, 0) is 22.4 Å². The van der Waals surface area contributed by atoms with E-state index in [2.05, 4.69) is 0 Å². The molecule has 0 fully saturated rings. The minimum atomic E-state index is -1.31. The van der Waals surface area contributed by atoms with Crippen LogP contribution in [0, 0.1) is 19.7 Å². The summed E-state index contributed by atoms with van der Waals surface area (Å²) in [5.41, 5.74) is 4.90. The number of fused-ring (bicyclic) bond motifs is 2. The Hall–Kier alpha value is -3.62. The van der Waals surface area contributed by atoms with Gasteiger partial charge in [-0.25, -0.2) is 9.18 Å². The van der Waals surface area contributed by atoms with Crippen LogP contribution in [0.1, 0.15) is 71.5 Å². The van der Waals surface area contributed by atoms with E-state index in [9.17, 15) is 14.7 Å². The molecule has 7 nitrogen and oxygen atoms in total. The van der Waals surface area contributed by atoms with Crippen LogP contribution in [0.15, 0.2) is 30.3 Å². The number of anilines is 1. The van der Waals surface area contributed by atoms with Crippen molar-refractivity contribution in [1.82, 2.24) is 0 Å². The van der Waals surface area contributed by atoms with E-state index in [0.717, 1.165) is 23.1 Å². The molecule has 222 valence electrons. The van der Waals surface area contributed by atoms with Crippen molar-refractivity contribution in [3.8, 4) is 22.6 Å². The number of aliphatic carboxylic acids is 1. The molecule has 5 rings (SSSR count). The summed E-state index contributed by atoms with van der Waals surface area (Å²) in [4.78, 5) is 28.2. The van der Waals surface area contributed by atoms with Gasteiger partial charge in [0, 0.05) is 28.9 Å². The van der Waals surface area contributed by atoms with Crippen molar-refractivity contribution in [2.45, 2.75) is 65.6 Å². The molecule has 1 unspecified atom stereocenters. The first-order valence-electron chi connectivity index (χ1n) is 14.0. The summed E-state index contributed by atoms with van der Waals surface area (Å²) in [6.45, 7) is 9.92. The molecular weight excluding hydrogens is 561 g/mol. The fourth-order valence-corrected chi connectivity index (χ4v) is 6.27. The predicted molar refractivity (Wildman–Crippen MR) is 160 cm³/mol. The van der Waals surface area contributed by atoms with Gasteiger partial charge in [0.15, 0.2) is 17.7 Å². The number of hydrogen-bond donors (Lipinski definition) is 1. The third-order valence-corrected chi connectivity index (χ3v) is 8.14. The van der Waals surface area contributed by atoms with Crippen LogP contribution in [0.5, 0.6) is 11.5 Å². The number of benzene rings is 3. The molecule has 3 aromatic carbocycles. The van der Waals surface area contributed by atoms with Crippen LogP contribution in [0.3, 0.4) is 0 Å². The second-order valence-electron chi connectivity index (χ2n) is 11.8.